The van der Waals surface area contributed by atoms with Crippen LogP contribution in [0.1, 0.15) is 2.85 Å². The fourth-order valence-electron chi connectivity index (χ4n) is 0. The first-order chi connectivity index (χ1) is 1.73. The van der Waals surface area contributed by atoms with Gasteiger partial charge < -0.3 is 17.9 Å². The third kappa shape index (κ3) is 62.6. The molecule has 0 bridgehead atoms. The van der Waals surface area contributed by atoms with Gasteiger partial charge in [0.2, 0.25) is 0 Å². The van der Waals surface area contributed by atoms with Crippen molar-refractivity contribution in [2.24, 2.45) is 0 Å². The van der Waals surface area contributed by atoms with Crippen LogP contribution in [0.3, 0.4) is 0 Å². The summed E-state index contributed by atoms with van der Waals surface area (Å²) in [5.74, 6) is 0. The van der Waals surface area contributed by atoms with Crippen LogP contribution in [0.4, 0.5) is 0 Å². The summed E-state index contributed by atoms with van der Waals surface area (Å²) in [6.45, 7) is 0. The summed E-state index contributed by atoms with van der Waals surface area (Å²) < 4.78 is 0. The monoisotopic (exact) mass is 147 g/mol. The van der Waals surface area contributed by atoms with E-state index in [1.807, 2.05) is 0 Å². The van der Waals surface area contributed by atoms with E-state index in [9.17, 15) is 0 Å². The molecule has 0 amide bonds. The van der Waals surface area contributed by atoms with Gasteiger partial charge in [0.05, 0.1) is 0 Å². The van der Waals surface area contributed by atoms with Crippen molar-refractivity contribution in [3.8, 4) is 0 Å². The summed E-state index contributed by atoms with van der Waals surface area (Å²) in [4.78, 5) is 0. The van der Waals surface area contributed by atoms with E-state index >= 15 is 0 Å². The van der Waals surface area contributed by atoms with Crippen LogP contribution in [0.25, 0.3) is 0 Å². The first-order valence-corrected chi connectivity index (χ1v) is 0.775. The van der Waals surface area contributed by atoms with Crippen molar-refractivity contribution in [2.45, 2.75) is 0 Å². The first-order valence-electron chi connectivity index (χ1n) is 0.775. The van der Waals surface area contributed by atoms with E-state index in [2.05, 4.69) is 0 Å². The zero-order valence-corrected chi connectivity index (χ0v) is 5.41. The van der Waals surface area contributed by atoms with E-state index in [0.717, 1.165) is 0 Å². The van der Waals surface area contributed by atoms with Gasteiger partial charge >= 0.3 is 30.4 Å². The summed E-state index contributed by atoms with van der Waals surface area (Å²) in [7, 11) is -2.17. The maximum absolute atomic E-state index is 7.17. The maximum atomic E-state index is 7.17. The molecule has 0 saturated heterocycles. The average molecular weight is 147 g/mol. The molecule has 37 valence electrons. The van der Waals surface area contributed by atoms with Crippen molar-refractivity contribution >= 4 is 30.4 Å². The Bertz CT molecular complexity index is 22.0. The van der Waals surface area contributed by atoms with Gasteiger partial charge in [-0.2, -0.15) is 0 Å². The van der Waals surface area contributed by atoms with Gasteiger partial charge in [0, 0.05) is 16.8 Å². The molecule has 0 aliphatic rings. The van der Waals surface area contributed by atoms with Crippen LogP contribution >= 0.6 is 0 Å². The van der Waals surface area contributed by atoms with Gasteiger partial charge in [-0.1, -0.05) is 0 Å². The quantitative estimate of drug-likeness (QED) is 0.340. The van der Waals surface area contributed by atoms with Gasteiger partial charge in [0.15, 0.2) is 0 Å². The molecule has 0 rings (SSSR count). The second kappa shape index (κ2) is 9.52. The van der Waals surface area contributed by atoms with Crippen molar-refractivity contribution in [3.63, 3.8) is 0 Å². The molecule has 0 aliphatic heterocycles. The van der Waals surface area contributed by atoms with Crippen molar-refractivity contribution in [1.29, 1.82) is 0 Å². The van der Waals surface area contributed by atoms with E-state index in [1.165, 1.54) is 0 Å². The van der Waals surface area contributed by atoms with Gasteiger partial charge in [-0.05, 0) is 0 Å². The Kier molecular flexibility index (Phi) is 24.9. The first kappa shape index (κ1) is 15.7. The van der Waals surface area contributed by atoms with Crippen LogP contribution in [-0.2, 0) is 16.8 Å². The Labute approximate surface area is 65.2 Å². The molecule has 0 saturated carbocycles. The van der Waals surface area contributed by atoms with E-state index < -0.39 is 7.32 Å². The van der Waals surface area contributed by atoms with Gasteiger partial charge in [-0.3, -0.25) is 0 Å². The Morgan fingerprint density at radius 1 is 1.17 bits per heavy atom. The predicted octanol–water partition coefficient (Wildman–Crippen LogP) is -2.21. The smallest absolute Gasteiger partial charge is 1.00 e. The van der Waals surface area contributed by atoms with Crippen LogP contribution < -0.4 is 0 Å². The van der Waals surface area contributed by atoms with Crippen molar-refractivity contribution < 1.29 is 34.7 Å². The molecular weight excluding hydrogens is 142 g/mol. The largest absolute Gasteiger partial charge is 2.00 e. The standard InChI is InChI=1S/BH3O3.Co.Mg.2H/c2-1(3)4;;;;/h2-4H;;;;/q;;+2;2*-1. The van der Waals surface area contributed by atoms with Crippen LogP contribution in [0, 0.1) is 0 Å². The molecule has 0 unspecified atom stereocenters. The molecule has 3 nitrogen and oxygen atoms in total. The molecule has 6 heavy (non-hydrogen) atoms. The number of rotatable bonds is 0. The van der Waals surface area contributed by atoms with E-state index in [4.69, 9.17) is 15.1 Å². The van der Waals surface area contributed by atoms with Crippen molar-refractivity contribution in [1.82, 2.24) is 0 Å². The Balaban J connectivity index is -0.00000000750. The molecule has 0 aromatic heterocycles. The van der Waals surface area contributed by atoms with Crippen LogP contribution in [0.2, 0.25) is 0 Å². The van der Waals surface area contributed by atoms with Crippen LogP contribution in [0.15, 0.2) is 0 Å². The minimum absolute atomic E-state index is 0. The minimum Gasteiger partial charge on any atom is -1.00 e. The SMILES string of the molecule is OB(O)O.[Co].[H-].[H-].[Mg+2]. The van der Waals surface area contributed by atoms with Crippen molar-refractivity contribution in [3.05, 3.63) is 0 Å². The minimum atomic E-state index is -2.17. The summed E-state index contributed by atoms with van der Waals surface area (Å²) >= 11 is 0. The maximum Gasteiger partial charge on any atom is 2.00 e. The molecule has 0 aromatic rings. The number of hydrogen-bond acceptors (Lipinski definition) is 3. The summed E-state index contributed by atoms with van der Waals surface area (Å²) in [6, 6.07) is 0. The molecule has 6 heteroatoms. The van der Waals surface area contributed by atoms with Gasteiger partial charge in [-0.25, -0.2) is 0 Å². The third-order valence-electron chi connectivity index (χ3n) is 0. The molecule has 0 aromatic carbocycles. The summed E-state index contributed by atoms with van der Waals surface area (Å²) in [5.41, 5.74) is 0. The summed E-state index contributed by atoms with van der Waals surface area (Å²) in [6.07, 6.45) is 0. The average Bonchev–Trinajstić information content (AvgIpc) is 0.811. The molecule has 0 spiro atoms. The number of hydrogen-bond donors (Lipinski definition) is 3. The second-order valence-corrected chi connectivity index (χ2v) is 0.346. The molecule has 0 atom stereocenters. The molecule has 0 aliphatic carbocycles. The van der Waals surface area contributed by atoms with Gasteiger partial charge in [-0.15, -0.1) is 0 Å². The normalized spacial score (nSPS) is 4.50. The van der Waals surface area contributed by atoms with E-state index in [-0.39, 0.29) is 42.7 Å². The fourth-order valence-corrected chi connectivity index (χ4v) is 0. The van der Waals surface area contributed by atoms with Crippen molar-refractivity contribution in [2.75, 3.05) is 0 Å². The molecular formula is H5BCoMgO3. The molecule has 1 radical (unpaired) electrons. The fraction of sp³-hybridized carbons (Fsp3) is 0. The topological polar surface area (TPSA) is 60.7 Å². The van der Waals surface area contributed by atoms with E-state index in [1.54, 1.807) is 0 Å². The Morgan fingerprint density at radius 2 is 1.17 bits per heavy atom. The zero-order valence-electron chi connectivity index (χ0n) is 4.96. The van der Waals surface area contributed by atoms with Crippen LogP contribution in [0.5, 0.6) is 0 Å². The third-order valence-corrected chi connectivity index (χ3v) is 0. The molecule has 0 heterocycles. The Hall–Kier alpha value is 1.22. The Morgan fingerprint density at radius 3 is 1.17 bits per heavy atom. The van der Waals surface area contributed by atoms with Gasteiger partial charge in [0.25, 0.3) is 0 Å². The molecule has 0 fully saturated rings. The summed E-state index contributed by atoms with van der Waals surface area (Å²) in [5, 5.41) is 21.5. The van der Waals surface area contributed by atoms with Crippen LogP contribution in [-0.4, -0.2) is 45.4 Å². The van der Waals surface area contributed by atoms with Gasteiger partial charge in [0.1, 0.15) is 0 Å². The van der Waals surface area contributed by atoms with E-state index in [0.29, 0.717) is 0 Å². The predicted molar refractivity (Wildman–Crippen MR) is 20.4 cm³/mol. The second-order valence-electron chi connectivity index (χ2n) is 0.346. The zero-order chi connectivity index (χ0) is 3.58. The molecule has 3 N–H and O–H groups in total.